The van der Waals surface area contributed by atoms with Crippen molar-refractivity contribution >= 4 is 56.7 Å². The summed E-state index contributed by atoms with van der Waals surface area (Å²) in [5, 5.41) is 7.56. The maximum atomic E-state index is 13.2. The molecule has 5 nitrogen and oxygen atoms in total. The summed E-state index contributed by atoms with van der Waals surface area (Å²) >= 11 is 18.5. The third-order valence-electron chi connectivity index (χ3n) is 5.98. The number of alkyl halides is 1. The van der Waals surface area contributed by atoms with Crippen LogP contribution in [-0.2, 0) is 27.0 Å². The lowest BCUT2D eigenvalue weighted by atomic mass is 10.0. The average Bonchev–Trinajstić information content (AvgIpc) is 3.28. The summed E-state index contributed by atoms with van der Waals surface area (Å²) in [6.07, 6.45) is 0. The topological polar surface area (TPSA) is 44.8 Å². The van der Waals surface area contributed by atoms with Gasteiger partial charge in [-0.05, 0) is 36.4 Å². The van der Waals surface area contributed by atoms with Gasteiger partial charge in [-0.1, -0.05) is 35.3 Å². The van der Waals surface area contributed by atoms with Crippen LogP contribution in [0.2, 0.25) is 10.0 Å². The molecule has 0 saturated carbocycles. The largest absolute Gasteiger partial charge is 0.330 e. The van der Waals surface area contributed by atoms with E-state index in [1.165, 1.54) is 0 Å². The van der Waals surface area contributed by atoms with Crippen molar-refractivity contribution in [1.29, 1.82) is 0 Å². The van der Waals surface area contributed by atoms with E-state index in [2.05, 4.69) is 17.2 Å². The second-order valence-electron chi connectivity index (χ2n) is 7.85. The van der Waals surface area contributed by atoms with Crippen LogP contribution >= 0.6 is 34.8 Å². The van der Waals surface area contributed by atoms with Gasteiger partial charge in [-0.3, -0.25) is 14.0 Å². The Kier molecular flexibility index (Phi) is 5.08. The van der Waals surface area contributed by atoms with E-state index in [4.69, 9.17) is 34.8 Å². The Morgan fingerprint density at radius 1 is 0.875 bits per heavy atom. The lowest BCUT2D eigenvalue weighted by molar-refractivity contribution is 0.737. The molecule has 0 aliphatic carbocycles. The molecule has 0 aliphatic rings. The minimum Gasteiger partial charge on any atom is -0.330 e. The van der Waals surface area contributed by atoms with Crippen LogP contribution in [-0.4, -0.2) is 18.9 Å². The molecule has 0 atom stereocenters. The molecule has 2 aromatic carbocycles. The van der Waals surface area contributed by atoms with Crippen LogP contribution in [0.4, 0.5) is 0 Å². The van der Waals surface area contributed by atoms with Gasteiger partial charge in [0.2, 0.25) is 0 Å². The number of rotatable bonds is 3. The molecule has 3 heterocycles. The Hall–Kier alpha value is -2.73. The number of aromatic nitrogens is 4. The first-order valence-corrected chi connectivity index (χ1v) is 11.3. The van der Waals surface area contributed by atoms with Crippen molar-refractivity contribution < 1.29 is 0 Å². The van der Waals surface area contributed by atoms with Crippen molar-refractivity contribution in [3.05, 3.63) is 74.6 Å². The van der Waals surface area contributed by atoms with Crippen LogP contribution in [0.15, 0.2) is 53.3 Å². The zero-order valence-corrected chi connectivity index (χ0v) is 19.9. The number of halogens is 3. The third kappa shape index (κ3) is 3.15. The Labute approximate surface area is 199 Å². The number of pyridine rings is 1. The van der Waals surface area contributed by atoms with Crippen molar-refractivity contribution in [2.24, 2.45) is 21.1 Å². The molecule has 0 saturated heterocycles. The molecule has 3 aromatic heterocycles. The van der Waals surface area contributed by atoms with Crippen LogP contribution in [0, 0.1) is 0 Å². The summed E-state index contributed by atoms with van der Waals surface area (Å²) in [6, 6.07) is 15.3. The highest BCUT2D eigenvalue weighted by Crippen LogP contribution is 2.35. The molecule has 8 heteroatoms. The van der Waals surface area contributed by atoms with Gasteiger partial charge in [0.1, 0.15) is 5.65 Å². The third-order valence-corrected chi connectivity index (χ3v) is 6.80. The normalized spacial score (nSPS) is 11.7. The van der Waals surface area contributed by atoms with Gasteiger partial charge in [0.25, 0.3) is 5.56 Å². The first kappa shape index (κ1) is 21.1. The number of benzene rings is 2. The van der Waals surface area contributed by atoms with Gasteiger partial charge in [0.15, 0.2) is 0 Å². The predicted octanol–water partition coefficient (Wildman–Crippen LogP) is 6.14. The number of fused-ring (bicyclic) bond motifs is 3. The molecule has 0 radical (unpaired) electrons. The predicted molar refractivity (Wildman–Crippen MR) is 133 cm³/mol. The Balaban J connectivity index is 1.82. The fourth-order valence-electron chi connectivity index (χ4n) is 4.32. The van der Waals surface area contributed by atoms with Crippen molar-refractivity contribution in [3.8, 4) is 22.4 Å². The molecule has 0 N–H and O–H groups in total. The first-order valence-electron chi connectivity index (χ1n) is 9.97. The van der Waals surface area contributed by atoms with Gasteiger partial charge >= 0.3 is 0 Å². The van der Waals surface area contributed by atoms with Crippen LogP contribution in [0.1, 0.15) is 5.69 Å². The van der Waals surface area contributed by atoms with Crippen LogP contribution < -0.4 is 5.56 Å². The van der Waals surface area contributed by atoms with Crippen LogP contribution in [0.5, 0.6) is 0 Å². The minimum absolute atomic E-state index is 0.121. The summed E-state index contributed by atoms with van der Waals surface area (Å²) in [7, 11) is 5.63. The summed E-state index contributed by atoms with van der Waals surface area (Å²) < 4.78 is 5.49. The molecule has 0 unspecified atom stereocenters. The fraction of sp³-hybridized carbons (Fsp3) is 0.167. The van der Waals surface area contributed by atoms with Gasteiger partial charge in [-0.2, -0.15) is 5.10 Å². The van der Waals surface area contributed by atoms with E-state index in [1.807, 2.05) is 36.9 Å². The van der Waals surface area contributed by atoms with Crippen LogP contribution in [0.3, 0.4) is 0 Å². The first-order chi connectivity index (χ1) is 15.3. The van der Waals surface area contributed by atoms with Gasteiger partial charge < -0.3 is 4.57 Å². The summed E-state index contributed by atoms with van der Waals surface area (Å²) in [4.78, 5) is 13.2. The fourth-order valence-corrected chi connectivity index (χ4v) is 5.08. The Bertz CT molecular complexity index is 1590. The highest BCUT2D eigenvalue weighted by atomic mass is 35.5. The SMILES string of the molecule is Cn1nc(-c2ccc3c(c2)c2cc(-c4ccc(Cl)cc4Cl)c(=O)n(C)c2n3C)cc1CCl. The van der Waals surface area contributed by atoms with Crippen molar-refractivity contribution in [2.45, 2.75) is 5.88 Å². The summed E-state index contributed by atoms with van der Waals surface area (Å²) in [5.41, 5.74) is 5.70. The van der Waals surface area contributed by atoms with E-state index in [9.17, 15) is 4.79 Å². The average molecular weight is 486 g/mol. The number of hydrogen-bond acceptors (Lipinski definition) is 2. The highest BCUT2D eigenvalue weighted by Gasteiger charge is 2.18. The van der Waals surface area contributed by atoms with Gasteiger partial charge in [0.05, 0.1) is 27.8 Å². The van der Waals surface area contributed by atoms with E-state index >= 15 is 0 Å². The molecule has 0 fully saturated rings. The van der Waals surface area contributed by atoms with Gasteiger partial charge in [-0.15, -0.1) is 11.6 Å². The maximum Gasteiger partial charge on any atom is 0.259 e. The van der Waals surface area contributed by atoms with E-state index < -0.39 is 0 Å². The monoisotopic (exact) mass is 484 g/mol. The van der Waals surface area contributed by atoms with Crippen molar-refractivity contribution in [2.75, 3.05) is 0 Å². The molecule has 0 aliphatic heterocycles. The molecular weight excluding hydrogens is 467 g/mol. The summed E-state index contributed by atoms with van der Waals surface area (Å²) in [5.74, 6) is 0.396. The number of aryl methyl sites for hydroxylation is 3. The molecule has 32 heavy (non-hydrogen) atoms. The lowest BCUT2D eigenvalue weighted by Crippen LogP contribution is -2.20. The highest BCUT2D eigenvalue weighted by molar-refractivity contribution is 6.36. The molecule has 0 amide bonds. The van der Waals surface area contributed by atoms with Gasteiger partial charge in [-0.25, -0.2) is 0 Å². The van der Waals surface area contributed by atoms with E-state index in [1.54, 1.807) is 34.5 Å². The van der Waals surface area contributed by atoms with Crippen molar-refractivity contribution in [1.82, 2.24) is 18.9 Å². The smallest absolute Gasteiger partial charge is 0.259 e. The molecular formula is C24H19Cl3N4O. The molecule has 5 rings (SSSR count). The zero-order valence-electron chi connectivity index (χ0n) is 17.7. The van der Waals surface area contributed by atoms with Crippen molar-refractivity contribution in [3.63, 3.8) is 0 Å². The summed E-state index contributed by atoms with van der Waals surface area (Å²) in [6.45, 7) is 0. The van der Waals surface area contributed by atoms with Gasteiger partial charge in [0, 0.05) is 53.6 Å². The van der Waals surface area contributed by atoms with Crippen LogP contribution in [0.25, 0.3) is 44.3 Å². The molecule has 0 bridgehead atoms. The molecule has 0 spiro atoms. The van der Waals surface area contributed by atoms with E-state index in [0.29, 0.717) is 27.1 Å². The Morgan fingerprint density at radius 3 is 2.34 bits per heavy atom. The van der Waals surface area contributed by atoms with E-state index in [-0.39, 0.29) is 5.56 Å². The zero-order chi connectivity index (χ0) is 22.7. The molecule has 162 valence electrons. The second kappa shape index (κ2) is 7.69. The molecule has 5 aromatic rings. The standard InChI is InChI=1S/C24H19Cl3N4O/c1-29-22-7-4-13(21-10-15(12-25)31(3)28-21)8-17(22)18-11-19(24(32)30(2)23(18)29)16-6-5-14(26)9-20(16)27/h4-11H,12H2,1-3H3. The lowest BCUT2D eigenvalue weighted by Gasteiger charge is -2.09. The maximum absolute atomic E-state index is 13.2. The number of hydrogen-bond donors (Lipinski definition) is 0. The quantitative estimate of drug-likeness (QED) is 0.288. The minimum atomic E-state index is -0.121. The number of nitrogens with zero attached hydrogens (tertiary/aromatic N) is 4. The second-order valence-corrected chi connectivity index (χ2v) is 8.96. The van der Waals surface area contributed by atoms with E-state index in [0.717, 1.165) is 38.9 Å². The Morgan fingerprint density at radius 2 is 1.66 bits per heavy atom.